The van der Waals surface area contributed by atoms with E-state index in [2.05, 4.69) is 10.3 Å². The minimum absolute atomic E-state index is 0.104. The molecule has 1 heterocycles. The Labute approximate surface area is 195 Å². The summed E-state index contributed by atoms with van der Waals surface area (Å²) in [6.45, 7) is 0. The fourth-order valence-electron chi connectivity index (χ4n) is 3.15. The van der Waals surface area contributed by atoms with Crippen LogP contribution >= 0.6 is 11.3 Å². The summed E-state index contributed by atoms with van der Waals surface area (Å²) in [5.74, 6) is -0.736. The first kappa shape index (κ1) is 22.8. The summed E-state index contributed by atoms with van der Waals surface area (Å²) in [4.78, 5) is 17.5. The number of benzene rings is 3. The Balaban J connectivity index is 1.59. The van der Waals surface area contributed by atoms with Crippen LogP contribution in [0.3, 0.4) is 0 Å². The highest BCUT2D eigenvalue weighted by Crippen LogP contribution is 2.33. The summed E-state index contributed by atoms with van der Waals surface area (Å²) >= 11 is 1.32. The van der Waals surface area contributed by atoms with Crippen LogP contribution in [-0.2, 0) is 10.0 Å². The van der Waals surface area contributed by atoms with Gasteiger partial charge in [-0.1, -0.05) is 30.3 Å². The van der Waals surface area contributed by atoms with Gasteiger partial charge in [0.25, 0.3) is 5.91 Å². The van der Waals surface area contributed by atoms with Crippen molar-refractivity contribution in [2.75, 3.05) is 19.4 Å². The normalized spacial score (nSPS) is 11.5. The van der Waals surface area contributed by atoms with Crippen molar-refractivity contribution in [3.63, 3.8) is 0 Å². The number of nitrogens with one attached hydrogen (secondary N) is 1. The number of hydrogen-bond donors (Lipinski definition) is 1. The first-order valence-corrected chi connectivity index (χ1v) is 12.2. The molecule has 1 aromatic heterocycles. The van der Waals surface area contributed by atoms with Gasteiger partial charge in [-0.25, -0.2) is 22.1 Å². The van der Waals surface area contributed by atoms with E-state index in [4.69, 9.17) is 0 Å². The zero-order valence-corrected chi connectivity index (χ0v) is 19.5. The number of amides is 1. The van der Waals surface area contributed by atoms with E-state index in [0.717, 1.165) is 4.31 Å². The zero-order valence-electron chi connectivity index (χ0n) is 17.8. The minimum Gasteiger partial charge on any atom is -0.321 e. The largest absolute Gasteiger partial charge is 0.321 e. The van der Waals surface area contributed by atoms with Gasteiger partial charge in [0, 0.05) is 36.2 Å². The molecule has 9 heteroatoms. The molecule has 0 unspecified atom stereocenters. The molecule has 0 saturated carbocycles. The lowest BCUT2D eigenvalue weighted by Gasteiger charge is -2.12. The molecule has 4 aromatic rings. The molecular formula is C24H20FN3O3S2. The third-order valence-electron chi connectivity index (χ3n) is 4.95. The topological polar surface area (TPSA) is 79.4 Å². The Morgan fingerprint density at radius 3 is 2.24 bits per heavy atom. The average Bonchev–Trinajstić information content (AvgIpc) is 3.29. The van der Waals surface area contributed by atoms with Crippen LogP contribution in [0.1, 0.15) is 10.4 Å². The number of thiazole rings is 1. The van der Waals surface area contributed by atoms with Gasteiger partial charge in [-0.15, -0.1) is 11.3 Å². The van der Waals surface area contributed by atoms with Gasteiger partial charge < -0.3 is 5.32 Å². The lowest BCUT2D eigenvalue weighted by Crippen LogP contribution is -2.22. The number of carbonyl (C=O) groups is 1. The van der Waals surface area contributed by atoms with Gasteiger partial charge in [0.05, 0.1) is 16.3 Å². The number of para-hydroxylation sites is 1. The molecule has 168 valence electrons. The summed E-state index contributed by atoms with van der Waals surface area (Å²) in [5.41, 5.74) is 2.58. The van der Waals surface area contributed by atoms with Crippen LogP contribution in [-0.4, -0.2) is 37.7 Å². The van der Waals surface area contributed by atoms with E-state index in [-0.39, 0.29) is 16.6 Å². The Morgan fingerprint density at radius 2 is 1.58 bits per heavy atom. The minimum atomic E-state index is -3.58. The lowest BCUT2D eigenvalue weighted by molar-refractivity contribution is 0.102. The fraction of sp³-hybridized carbons (Fsp3) is 0.0833. The molecule has 0 aliphatic rings. The van der Waals surface area contributed by atoms with Gasteiger partial charge >= 0.3 is 0 Å². The quantitative estimate of drug-likeness (QED) is 0.415. The molecule has 0 spiro atoms. The van der Waals surface area contributed by atoms with Gasteiger partial charge in [-0.05, 0) is 42.5 Å². The molecule has 0 fully saturated rings. The van der Waals surface area contributed by atoms with Crippen molar-refractivity contribution in [1.29, 1.82) is 0 Å². The third kappa shape index (κ3) is 4.70. The molecule has 0 atom stereocenters. The van der Waals surface area contributed by atoms with Gasteiger partial charge in [0.2, 0.25) is 10.0 Å². The summed E-state index contributed by atoms with van der Waals surface area (Å²) in [7, 11) is -0.682. The number of rotatable bonds is 6. The van der Waals surface area contributed by atoms with Crippen molar-refractivity contribution in [1.82, 2.24) is 9.29 Å². The first-order chi connectivity index (χ1) is 15.8. The summed E-state index contributed by atoms with van der Waals surface area (Å²) in [5, 5.41) is 5.22. The molecule has 4 rings (SSSR count). The number of aromatic nitrogens is 1. The van der Waals surface area contributed by atoms with Crippen molar-refractivity contribution in [3.05, 3.63) is 89.6 Å². The van der Waals surface area contributed by atoms with Crippen LogP contribution < -0.4 is 5.32 Å². The Kier molecular flexibility index (Phi) is 6.37. The van der Waals surface area contributed by atoms with Crippen LogP contribution in [0.15, 0.2) is 83.1 Å². The van der Waals surface area contributed by atoms with E-state index in [0.29, 0.717) is 33.1 Å². The van der Waals surface area contributed by atoms with Crippen LogP contribution in [0, 0.1) is 5.82 Å². The highest BCUT2D eigenvalue weighted by molar-refractivity contribution is 7.89. The Morgan fingerprint density at radius 1 is 0.939 bits per heavy atom. The number of halogens is 1. The standard InChI is InChI=1S/C24H20FN3O3S2/c1-28(2)33(30,31)17-13-11-16(12-14-17)23(29)26-21-10-6-4-8-19(21)22-15-32-24(27-22)18-7-3-5-9-20(18)25/h3-15H,1-2H3,(H,26,29). The molecule has 33 heavy (non-hydrogen) atoms. The maximum absolute atomic E-state index is 14.1. The molecule has 0 saturated heterocycles. The van der Waals surface area contributed by atoms with Gasteiger partial charge in [0.1, 0.15) is 10.8 Å². The van der Waals surface area contributed by atoms with Gasteiger partial charge in [-0.3, -0.25) is 4.79 Å². The second kappa shape index (κ2) is 9.22. The second-order valence-electron chi connectivity index (χ2n) is 7.33. The molecule has 6 nitrogen and oxygen atoms in total. The molecule has 0 radical (unpaired) electrons. The van der Waals surface area contributed by atoms with Crippen LogP contribution in [0.5, 0.6) is 0 Å². The second-order valence-corrected chi connectivity index (χ2v) is 10.3. The highest BCUT2D eigenvalue weighted by Gasteiger charge is 2.18. The van der Waals surface area contributed by atoms with E-state index >= 15 is 0 Å². The van der Waals surface area contributed by atoms with E-state index in [1.165, 1.54) is 55.8 Å². The maximum atomic E-state index is 14.1. The molecule has 3 aromatic carbocycles. The van der Waals surface area contributed by atoms with Gasteiger partial charge in [0.15, 0.2) is 0 Å². The predicted octanol–water partition coefficient (Wildman–Crippen LogP) is 5.12. The van der Waals surface area contributed by atoms with Crippen molar-refractivity contribution >= 4 is 33.0 Å². The first-order valence-electron chi connectivity index (χ1n) is 9.91. The number of anilines is 1. The smallest absolute Gasteiger partial charge is 0.255 e. The average molecular weight is 482 g/mol. The summed E-state index contributed by atoms with van der Waals surface area (Å²) in [6.07, 6.45) is 0. The molecule has 0 aliphatic heterocycles. The van der Waals surface area contributed by atoms with Crippen molar-refractivity contribution in [2.24, 2.45) is 0 Å². The third-order valence-corrected chi connectivity index (χ3v) is 7.66. The maximum Gasteiger partial charge on any atom is 0.255 e. The van der Waals surface area contributed by atoms with Crippen molar-refractivity contribution in [2.45, 2.75) is 4.90 Å². The van der Waals surface area contributed by atoms with Crippen LogP contribution in [0.4, 0.5) is 10.1 Å². The van der Waals surface area contributed by atoms with Gasteiger partial charge in [-0.2, -0.15) is 0 Å². The molecule has 0 aliphatic carbocycles. The predicted molar refractivity (Wildman–Crippen MR) is 128 cm³/mol. The zero-order chi connectivity index (χ0) is 23.6. The molecular weight excluding hydrogens is 461 g/mol. The Hall–Kier alpha value is -3.40. The fourth-order valence-corrected chi connectivity index (χ4v) is 4.90. The van der Waals surface area contributed by atoms with E-state index in [1.807, 2.05) is 17.5 Å². The van der Waals surface area contributed by atoms with Crippen LogP contribution in [0.2, 0.25) is 0 Å². The monoisotopic (exact) mass is 481 g/mol. The number of nitrogens with zero attached hydrogens (tertiary/aromatic N) is 2. The number of carbonyl (C=O) groups excluding carboxylic acids is 1. The SMILES string of the molecule is CN(C)S(=O)(=O)c1ccc(C(=O)Nc2ccccc2-c2csc(-c3ccccc3F)n2)cc1. The number of hydrogen-bond acceptors (Lipinski definition) is 5. The van der Waals surface area contributed by atoms with E-state index in [9.17, 15) is 17.6 Å². The molecule has 1 N–H and O–H groups in total. The summed E-state index contributed by atoms with van der Waals surface area (Å²) in [6, 6.07) is 19.4. The van der Waals surface area contributed by atoms with Crippen molar-refractivity contribution < 1.29 is 17.6 Å². The summed E-state index contributed by atoms with van der Waals surface area (Å²) < 4.78 is 39.7. The number of sulfonamides is 1. The Bertz CT molecular complexity index is 1410. The van der Waals surface area contributed by atoms with E-state index < -0.39 is 10.0 Å². The van der Waals surface area contributed by atoms with Crippen LogP contribution in [0.25, 0.3) is 21.8 Å². The van der Waals surface area contributed by atoms with E-state index in [1.54, 1.807) is 30.3 Å². The molecule has 0 bridgehead atoms. The lowest BCUT2D eigenvalue weighted by atomic mass is 10.1. The highest BCUT2D eigenvalue weighted by atomic mass is 32.2. The van der Waals surface area contributed by atoms with Crippen molar-refractivity contribution in [3.8, 4) is 21.8 Å². The molecule has 1 amide bonds.